The normalized spacial score (nSPS) is 12.1. The molecule has 0 aliphatic carbocycles. The zero-order chi connectivity index (χ0) is 12.5. The number of rotatable bonds is 7. The van der Waals surface area contributed by atoms with Gasteiger partial charge in [-0.15, -0.1) is 0 Å². The predicted molar refractivity (Wildman–Crippen MR) is 64.6 cm³/mol. The molecule has 0 fully saturated rings. The van der Waals surface area contributed by atoms with E-state index in [0.717, 1.165) is 12.1 Å². The fourth-order valence-corrected chi connectivity index (χ4v) is 1.34. The summed E-state index contributed by atoms with van der Waals surface area (Å²) in [7, 11) is 0. The van der Waals surface area contributed by atoms with Gasteiger partial charge < -0.3 is 9.47 Å². The number of esters is 1. The van der Waals surface area contributed by atoms with Crippen molar-refractivity contribution in [2.75, 3.05) is 19.8 Å². The van der Waals surface area contributed by atoms with Gasteiger partial charge in [-0.25, -0.2) is 0 Å². The third kappa shape index (κ3) is 5.45. The topological polar surface area (TPSA) is 48.4 Å². The van der Waals surface area contributed by atoms with E-state index in [-0.39, 0.29) is 11.9 Å². The molecule has 17 heavy (non-hydrogen) atoms. The van der Waals surface area contributed by atoms with E-state index in [2.05, 4.69) is 4.98 Å². The monoisotopic (exact) mass is 237 g/mol. The van der Waals surface area contributed by atoms with E-state index in [9.17, 15) is 4.79 Å². The zero-order valence-electron chi connectivity index (χ0n) is 10.4. The molecule has 0 spiro atoms. The Labute approximate surface area is 102 Å². The second kappa shape index (κ2) is 7.79. The van der Waals surface area contributed by atoms with Crippen molar-refractivity contribution in [3.8, 4) is 0 Å². The molecule has 1 aromatic rings. The molecule has 1 unspecified atom stereocenters. The summed E-state index contributed by atoms with van der Waals surface area (Å²) in [5.74, 6) is -0.413. The van der Waals surface area contributed by atoms with E-state index in [1.54, 1.807) is 20.0 Å². The summed E-state index contributed by atoms with van der Waals surface area (Å²) in [5.41, 5.74) is 0.997. The minimum Gasteiger partial charge on any atom is -0.466 e. The van der Waals surface area contributed by atoms with Gasteiger partial charge in [-0.3, -0.25) is 9.78 Å². The average molecular weight is 237 g/mol. The van der Waals surface area contributed by atoms with Gasteiger partial charge in [0.15, 0.2) is 0 Å². The molecule has 0 aromatic carbocycles. The molecule has 0 N–H and O–H groups in total. The highest BCUT2D eigenvalue weighted by molar-refractivity contribution is 5.72. The standard InChI is InChI=1S/C13H19NO3/c1-3-17-13(15)11(2)10-16-9-7-12-6-4-5-8-14-12/h4-6,8,11H,3,7,9-10H2,1-2H3. The van der Waals surface area contributed by atoms with Crippen LogP contribution in [0.3, 0.4) is 0 Å². The van der Waals surface area contributed by atoms with Crippen LogP contribution in [0.25, 0.3) is 0 Å². The highest BCUT2D eigenvalue weighted by atomic mass is 16.5. The summed E-state index contributed by atoms with van der Waals surface area (Å²) in [6, 6.07) is 5.79. The SMILES string of the molecule is CCOC(=O)C(C)COCCc1ccccn1. The van der Waals surface area contributed by atoms with Gasteiger partial charge >= 0.3 is 5.97 Å². The fraction of sp³-hybridized carbons (Fsp3) is 0.538. The molecule has 0 bridgehead atoms. The van der Waals surface area contributed by atoms with Crippen LogP contribution >= 0.6 is 0 Å². The minimum absolute atomic E-state index is 0.203. The Morgan fingerprint density at radius 3 is 2.94 bits per heavy atom. The Morgan fingerprint density at radius 1 is 1.47 bits per heavy atom. The Morgan fingerprint density at radius 2 is 2.29 bits per heavy atom. The van der Waals surface area contributed by atoms with E-state index in [1.165, 1.54) is 0 Å². The second-order valence-electron chi connectivity index (χ2n) is 3.80. The summed E-state index contributed by atoms with van der Waals surface area (Å²) < 4.78 is 10.3. The Kier molecular flexibility index (Phi) is 6.25. The first-order valence-electron chi connectivity index (χ1n) is 5.88. The Bertz CT molecular complexity index is 327. The molecular weight excluding hydrogens is 218 g/mol. The van der Waals surface area contributed by atoms with E-state index < -0.39 is 0 Å². The van der Waals surface area contributed by atoms with Gasteiger partial charge in [-0.2, -0.15) is 0 Å². The van der Waals surface area contributed by atoms with Crippen molar-refractivity contribution in [2.24, 2.45) is 5.92 Å². The molecular formula is C13H19NO3. The van der Waals surface area contributed by atoms with Gasteiger partial charge in [-0.1, -0.05) is 6.07 Å². The molecule has 0 saturated heterocycles. The van der Waals surface area contributed by atoms with Crippen molar-refractivity contribution in [3.63, 3.8) is 0 Å². The van der Waals surface area contributed by atoms with Crippen molar-refractivity contribution >= 4 is 5.97 Å². The van der Waals surface area contributed by atoms with Crippen LogP contribution in [-0.2, 0) is 20.7 Å². The Balaban J connectivity index is 2.14. The largest absolute Gasteiger partial charge is 0.466 e. The summed E-state index contributed by atoms with van der Waals surface area (Å²) >= 11 is 0. The van der Waals surface area contributed by atoms with Crippen LogP contribution < -0.4 is 0 Å². The van der Waals surface area contributed by atoms with Gasteiger partial charge in [0.2, 0.25) is 0 Å². The first kappa shape index (κ1) is 13.6. The van der Waals surface area contributed by atoms with E-state index in [0.29, 0.717) is 19.8 Å². The molecule has 0 aliphatic rings. The van der Waals surface area contributed by atoms with Crippen LogP contribution in [0.4, 0.5) is 0 Å². The third-order valence-corrected chi connectivity index (χ3v) is 2.29. The molecule has 0 aliphatic heterocycles. The average Bonchev–Trinajstić information content (AvgIpc) is 2.36. The molecule has 0 amide bonds. The highest BCUT2D eigenvalue weighted by Gasteiger charge is 2.13. The van der Waals surface area contributed by atoms with Gasteiger partial charge in [-0.05, 0) is 26.0 Å². The van der Waals surface area contributed by atoms with Crippen molar-refractivity contribution in [1.29, 1.82) is 0 Å². The van der Waals surface area contributed by atoms with E-state index >= 15 is 0 Å². The van der Waals surface area contributed by atoms with Crippen LogP contribution in [0.5, 0.6) is 0 Å². The number of carbonyl (C=O) groups excluding carboxylic acids is 1. The number of carbonyl (C=O) groups is 1. The molecule has 1 atom stereocenters. The number of ether oxygens (including phenoxy) is 2. The van der Waals surface area contributed by atoms with Crippen LogP contribution in [-0.4, -0.2) is 30.8 Å². The van der Waals surface area contributed by atoms with Crippen molar-refractivity contribution in [1.82, 2.24) is 4.98 Å². The van der Waals surface area contributed by atoms with Gasteiger partial charge in [0.05, 0.1) is 25.7 Å². The maximum atomic E-state index is 11.3. The highest BCUT2D eigenvalue weighted by Crippen LogP contribution is 2.01. The molecule has 0 saturated carbocycles. The van der Waals surface area contributed by atoms with Crippen LogP contribution in [0.15, 0.2) is 24.4 Å². The number of pyridine rings is 1. The number of hydrogen-bond acceptors (Lipinski definition) is 4. The fourth-order valence-electron chi connectivity index (χ4n) is 1.34. The summed E-state index contributed by atoms with van der Waals surface area (Å²) in [5, 5.41) is 0. The van der Waals surface area contributed by atoms with Crippen LogP contribution in [0.2, 0.25) is 0 Å². The summed E-state index contributed by atoms with van der Waals surface area (Å²) in [4.78, 5) is 15.5. The predicted octanol–water partition coefficient (Wildman–Crippen LogP) is 1.84. The van der Waals surface area contributed by atoms with Gasteiger partial charge in [0, 0.05) is 18.3 Å². The van der Waals surface area contributed by atoms with E-state index in [4.69, 9.17) is 9.47 Å². The molecule has 4 heteroatoms. The minimum atomic E-state index is -0.210. The quantitative estimate of drug-likeness (QED) is 0.536. The number of hydrogen-bond donors (Lipinski definition) is 0. The lowest BCUT2D eigenvalue weighted by Gasteiger charge is -2.10. The number of aromatic nitrogens is 1. The van der Waals surface area contributed by atoms with Crippen LogP contribution in [0.1, 0.15) is 19.5 Å². The van der Waals surface area contributed by atoms with Gasteiger partial charge in [0.1, 0.15) is 0 Å². The molecule has 1 aromatic heterocycles. The maximum Gasteiger partial charge on any atom is 0.310 e. The number of nitrogens with zero attached hydrogens (tertiary/aromatic N) is 1. The van der Waals surface area contributed by atoms with E-state index in [1.807, 2.05) is 18.2 Å². The van der Waals surface area contributed by atoms with Crippen LogP contribution in [0, 0.1) is 5.92 Å². The molecule has 1 rings (SSSR count). The van der Waals surface area contributed by atoms with Gasteiger partial charge in [0.25, 0.3) is 0 Å². The lowest BCUT2D eigenvalue weighted by atomic mass is 10.2. The summed E-state index contributed by atoms with van der Waals surface area (Å²) in [6.07, 6.45) is 2.52. The lowest BCUT2D eigenvalue weighted by Crippen LogP contribution is -2.20. The molecule has 1 heterocycles. The smallest absolute Gasteiger partial charge is 0.310 e. The maximum absolute atomic E-state index is 11.3. The van der Waals surface area contributed by atoms with Crippen molar-refractivity contribution in [2.45, 2.75) is 20.3 Å². The first-order chi connectivity index (χ1) is 8.24. The zero-order valence-corrected chi connectivity index (χ0v) is 10.4. The third-order valence-electron chi connectivity index (χ3n) is 2.29. The molecule has 94 valence electrons. The summed E-state index contributed by atoms with van der Waals surface area (Å²) in [6.45, 7) is 4.98. The molecule has 4 nitrogen and oxygen atoms in total. The lowest BCUT2D eigenvalue weighted by molar-refractivity contribution is -0.149. The molecule has 0 radical (unpaired) electrons. The van der Waals surface area contributed by atoms with Crippen molar-refractivity contribution in [3.05, 3.63) is 30.1 Å². The van der Waals surface area contributed by atoms with Crippen molar-refractivity contribution < 1.29 is 14.3 Å². The second-order valence-corrected chi connectivity index (χ2v) is 3.80. The first-order valence-corrected chi connectivity index (χ1v) is 5.88. The Hall–Kier alpha value is -1.42.